The van der Waals surface area contributed by atoms with E-state index in [1.165, 1.54) is 4.90 Å². The Kier molecular flexibility index (Phi) is 6.34. The molecular weight excluding hydrogens is 330 g/mol. The van der Waals surface area contributed by atoms with E-state index in [4.69, 9.17) is 0 Å². The Morgan fingerprint density at radius 2 is 1.83 bits per heavy atom. The first-order valence-electron chi connectivity index (χ1n) is 8.12. The number of hydrogen-bond donors (Lipinski definition) is 2. The molecule has 0 saturated carbocycles. The van der Waals surface area contributed by atoms with Crippen molar-refractivity contribution in [3.63, 3.8) is 0 Å². The second-order valence-corrected chi connectivity index (χ2v) is 6.00. The number of amides is 3. The van der Waals surface area contributed by atoms with Gasteiger partial charge in [-0.15, -0.1) is 12.4 Å². The highest BCUT2D eigenvalue weighted by Gasteiger charge is 2.34. The Bertz CT molecular complexity index is 594. The molecule has 3 amide bonds. The van der Waals surface area contributed by atoms with Crippen molar-refractivity contribution >= 4 is 30.1 Å². The molecule has 1 aromatic carbocycles. The third-order valence-corrected chi connectivity index (χ3v) is 4.42. The van der Waals surface area contributed by atoms with Crippen LogP contribution in [0.3, 0.4) is 0 Å². The van der Waals surface area contributed by atoms with Gasteiger partial charge in [0.05, 0.1) is 17.0 Å². The summed E-state index contributed by atoms with van der Waals surface area (Å²) in [5.41, 5.74) is 0.971. The van der Waals surface area contributed by atoms with Crippen molar-refractivity contribution in [2.75, 3.05) is 26.2 Å². The molecule has 1 fully saturated rings. The van der Waals surface area contributed by atoms with E-state index in [9.17, 15) is 14.4 Å². The lowest BCUT2D eigenvalue weighted by atomic mass is 10.1. The summed E-state index contributed by atoms with van der Waals surface area (Å²) in [4.78, 5) is 37.5. The van der Waals surface area contributed by atoms with Crippen LogP contribution in [0.15, 0.2) is 24.3 Å². The van der Waals surface area contributed by atoms with E-state index in [-0.39, 0.29) is 36.0 Å². The largest absolute Gasteiger partial charge is 0.356 e. The molecule has 3 rings (SSSR count). The fourth-order valence-corrected chi connectivity index (χ4v) is 3.07. The molecule has 1 saturated heterocycles. The number of rotatable bonds is 6. The Morgan fingerprint density at radius 3 is 2.42 bits per heavy atom. The van der Waals surface area contributed by atoms with E-state index in [0.29, 0.717) is 30.6 Å². The fourth-order valence-electron chi connectivity index (χ4n) is 3.07. The minimum atomic E-state index is -0.216. The zero-order valence-electron chi connectivity index (χ0n) is 13.4. The third kappa shape index (κ3) is 3.76. The average molecular weight is 352 g/mol. The van der Waals surface area contributed by atoms with Crippen LogP contribution in [0, 0.1) is 5.92 Å². The summed E-state index contributed by atoms with van der Waals surface area (Å²) in [6.07, 6.45) is 2.33. The number of hydrogen-bond acceptors (Lipinski definition) is 4. The summed E-state index contributed by atoms with van der Waals surface area (Å²) < 4.78 is 0. The maximum atomic E-state index is 12.2. The maximum absolute atomic E-state index is 12.2. The van der Waals surface area contributed by atoms with Crippen LogP contribution in [-0.4, -0.2) is 48.8 Å². The van der Waals surface area contributed by atoms with E-state index >= 15 is 0 Å². The summed E-state index contributed by atoms with van der Waals surface area (Å²) in [5.74, 6) is -0.264. The standard InChI is InChI=1S/C17H21N3O3.ClH/c21-15(12-7-9-18-11-12)19-8-3-4-10-20-16(22)13-5-1-2-6-14(13)17(20)23;/h1-2,5-6,12,18H,3-4,7-11H2,(H,19,21);1H. The lowest BCUT2D eigenvalue weighted by molar-refractivity contribution is -0.124. The number of carbonyl (C=O) groups is 3. The van der Waals surface area contributed by atoms with E-state index in [1.54, 1.807) is 24.3 Å². The van der Waals surface area contributed by atoms with Crippen molar-refractivity contribution in [1.29, 1.82) is 0 Å². The Balaban J connectivity index is 0.00000208. The lowest BCUT2D eigenvalue weighted by Gasteiger charge is -2.14. The van der Waals surface area contributed by atoms with Crippen LogP contribution in [0.25, 0.3) is 0 Å². The Morgan fingerprint density at radius 1 is 1.17 bits per heavy atom. The Labute approximate surface area is 147 Å². The normalized spacial score (nSPS) is 19.2. The number of nitrogens with one attached hydrogen (secondary N) is 2. The molecule has 1 unspecified atom stereocenters. The van der Waals surface area contributed by atoms with Crippen LogP contribution in [0.5, 0.6) is 0 Å². The van der Waals surface area contributed by atoms with Gasteiger partial charge in [-0.1, -0.05) is 12.1 Å². The van der Waals surface area contributed by atoms with E-state index in [1.807, 2.05) is 0 Å². The van der Waals surface area contributed by atoms with Crippen LogP contribution in [0.1, 0.15) is 40.0 Å². The number of unbranched alkanes of at least 4 members (excludes halogenated alkanes) is 1. The van der Waals surface area contributed by atoms with Crippen molar-refractivity contribution in [1.82, 2.24) is 15.5 Å². The average Bonchev–Trinajstić information content (AvgIpc) is 3.18. The van der Waals surface area contributed by atoms with Gasteiger partial charge in [0.15, 0.2) is 0 Å². The zero-order chi connectivity index (χ0) is 16.2. The van der Waals surface area contributed by atoms with Gasteiger partial charge in [-0.2, -0.15) is 0 Å². The second kappa shape index (κ2) is 8.26. The predicted octanol–water partition coefficient (Wildman–Crippen LogP) is 1.21. The molecular formula is C17H22ClN3O3. The first-order valence-corrected chi connectivity index (χ1v) is 8.12. The van der Waals surface area contributed by atoms with Crippen LogP contribution < -0.4 is 10.6 Å². The number of carbonyl (C=O) groups excluding carboxylic acids is 3. The molecule has 0 aromatic heterocycles. The van der Waals surface area contributed by atoms with E-state index in [0.717, 1.165) is 25.9 Å². The second-order valence-electron chi connectivity index (χ2n) is 6.00. The molecule has 1 atom stereocenters. The molecule has 2 aliphatic rings. The van der Waals surface area contributed by atoms with E-state index < -0.39 is 0 Å². The molecule has 2 heterocycles. The number of imide groups is 1. The first kappa shape index (κ1) is 18.4. The molecule has 0 spiro atoms. The SMILES string of the molecule is Cl.O=C(NCCCCN1C(=O)c2ccccc2C1=O)C1CCNC1. The van der Waals surface area contributed by atoms with Gasteiger partial charge >= 0.3 is 0 Å². The molecule has 24 heavy (non-hydrogen) atoms. The van der Waals surface area contributed by atoms with E-state index in [2.05, 4.69) is 10.6 Å². The zero-order valence-corrected chi connectivity index (χ0v) is 14.2. The minimum Gasteiger partial charge on any atom is -0.356 e. The van der Waals surface area contributed by atoms with Crippen LogP contribution in [0.4, 0.5) is 0 Å². The summed E-state index contributed by atoms with van der Waals surface area (Å²) in [6.45, 7) is 2.63. The van der Waals surface area contributed by atoms with Gasteiger partial charge in [0.1, 0.15) is 0 Å². The predicted molar refractivity (Wildman–Crippen MR) is 92.3 cm³/mol. The fraction of sp³-hybridized carbons (Fsp3) is 0.471. The van der Waals surface area contributed by atoms with Crippen molar-refractivity contribution in [2.24, 2.45) is 5.92 Å². The molecule has 7 heteroatoms. The molecule has 2 aliphatic heterocycles. The summed E-state index contributed by atoms with van der Waals surface area (Å²) in [6, 6.07) is 6.90. The quantitative estimate of drug-likeness (QED) is 0.596. The molecule has 6 nitrogen and oxygen atoms in total. The highest BCUT2D eigenvalue weighted by Crippen LogP contribution is 2.22. The van der Waals surface area contributed by atoms with Crippen molar-refractivity contribution in [2.45, 2.75) is 19.3 Å². The van der Waals surface area contributed by atoms with Crippen LogP contribution in [-0.2, 0) is 4.79 Å². The molecule has 0 bridgehead atoms. The summed E-state index contributed by atoms with van der Waals surface area (Å²) in [5, 5.41) is 6.09. The topological polar surface area (TPSA) is 78.5 Å². The highest BCUT2D eigenvalue weighted by molar-refractivity contribution is 6.21. The van der Waals surface area contributed by atoms with Crippen LogP contribution in [0.2, 0.25) is 0 Å². The van der Waals surface area contributed by atoms with Crippen molar-refractivity contribution in [3.05, 3.63) is 35.4 Å². The summed E-state index contributed by atoms with van der Waals surface area (Å²) in [7, 11) is 0. The van der Waals surface area contributed by atoms with Crippen molar-refractivity contribution < 1.29 is 14.4 Å². The van der Waals surface area contributed by atoms with Gasteiger partial charge in [-0.25, -0.2) is 0 Å². The molecule has 1 aromatic rings. The van der Waals surface area contributed by atoms with Crippen LogP contribution >= 0.6 is 12.4 Å². The lowest BCUT2D eigenvalue weighted by Crippen LogP contribution is -2.34. The van der Waals surface area contributed by atoms with Gasteiger partial charge in [0.2, 0.25) is 5.91 Å². The van der Waals surface area contributed by atoms with Gasteiger partial charge in [-0.05, 0) is 37.9 Å². The minimum absolute atomic E-state index is 0. The Hall–Kier alpha value is -1.92. The van der Waals surface area contributed by atoms with Gasteiger partial charge in [0.25, 0.3) is 11.8 Å². The molecule has 130 valence electrons. The number of halogens is 1. The third-order valence-electron chi connectivity index (χ3n) is 4.42. The maximum Gasteiger partial charge on any atom is 0.261 e. The van der Waals surface area contributed by atoms with Gasteiger partial charge < -0.3 is 10.6 Å². The monoisotopic (exact) mass is 351 g/mol. The first-order chi connectivity index (χ1) is 11.2. The van der Waals surface area contributed by atoms with Gasteiger partial charge in [-0.3, -0.25) is 19.3 Å². The van der Waals surface area contributed by atoms with Gasteiger partial charge in [0, 0.05) is 19.6 Å². The summed E-state index contributed by atoms with van der Waals surface area (Å²) >= 11 is 0. The molecule has 0 aliphatic carbocycles. The number of fused-ring (bicyclic) bond motifs is 1. The van der Waals surface area contributed by atoms with Crippen molar-refractivity contribution in [3.8, 4) is 0 Å². The highest BCUT2D eigenvalue weighted by atomic mass is 35.5. The molecule has 0 radical (unpaired) electrons. The molecule has 2 N–H and O–H groups in total. The number of nitrogens with zero attached hydrogens (tertiary/aromatic N) is 1. The smallest absolute Gasteiger partial charge is 0.261 e. The number of benzene rings is 1.